The molecule has 2 unspecified atom stereocenters. The van der Waals surface area contributed by atoms with Crippen LogP contribution in [0.5, 0.6) is 0 Å². The number of anilines is 1. The van der Waals surface area contributed by atoms with Crippen LogP contribution in [0.1, 0.15) is 49.0 Å². The third-order valence-corrected chi connectivity index (χ3v) is 6.11. The SMILES string of the molecule is CCCNC(=O)C1=CN2C(C(Nc3cc(C(=O)NC4CC4)ccc3C)=NCN2C)C1C. The number of aryl methyl sites for hydroxylation is 1. The van der Waals surface area contributed by atoms with Gasteiger partial charge in [0.1, 0.15) is 18.5 Å². The summed E-state index contributed by atoms with van der Waals surface area (Å²) in [5.41, 5.74) is 3.30. The van der Waals surface area contributed by atoms with Crippen LogP contribution in [0.25, 0.3) is 0 Å². The van der Waals surface area contributed by atoms with Crippen molar-refractivity contribution in [3.63, 3.8) is 0 Å². The molecule has 2 heterocycles. The van der Waals surface area contributed by atoms with Gasteiger partial charge in [0.25, 0.3) is 5.91 Å². The Kier molecular flexibility index (Phi) is 6.00. The Morgan fingerprint density at radius 3 is 2.71 bits per heavy atom. The number of amides is 2. The number of nitrogens with zero attached hydrogens (tertiary/aromatic N) is 3. The summed E-state index contributed by atoms with van der Waals surface area (Å²) in [6, 6.07) is 5.93. The minimum Gasteiger partial charge on any atom is -0.352 e. The maximum Gasteiger partial charge on any atom is 0.251 e. The van der Waals surface area contributed by atoms with E-state index in [-0.39, 0.29) is 23.8 Å². The van der Waals surface area contributed by atoms with Crippen LogP contribution in [-0.4, -0.2) is 60.0 Å². The number of carbonyl (C=O) groups excluding carboxylic acids is 2. The molecule has 1 fully saturated rings. The molecule has 0 spiro atoms. The maximum atomic E-state index is 12.7. The van der Waals surface area contributed by atoms with Gasteiger partial charge in [-0.15, -0.1) is 0 Å². The van der Waals surface area contributed by atoms with Crippen LogP contribution in [0, 0.1) is 12.8 Å². The Morgan fingerprint density at radius 1 is 1.23 bits per heavy atom. The van der Waals surface area contributed by atoms with E-state index in [0.29, 0.717) is 24.8 Å². The summed E-state index contributed by atoms with van der Waals surface area (Å²) in [6.45, 7) is 7.27. The summed E-state index contributed by atoms with van der Waals surface area (Å²) in [5, 5.41) is 13.6. The van der Waals surface area contributed by atoms with Crippen molar-refractivity contribution in [3.8, 4) is 0 Å². The van der Waals surface area contributed by atoms with Gasteiger partial charge in [-0.25, -0.2) is 5.01 Å². The van der Waals surface area contributed by atoms with Gasteiger partial charge < -0.3 is 16.0 Å². The van der Waals surface area contributed by atoms with Crippen molar-refractivity contribution in [3.05, 3.63) is 41.1 Å². The molecule has 1 aromatic carbocycles. The van der Waals surface area contributed by atoms with Crippen molar-refractivity contribution in [1.29, 1.82) is 0 Å². The van der Waals surface area contributed by atoms with Gasteiger partial charge in [0.2, 0.25) is 5.91 Å². The summed E-state index contributed by atoms with van der Waals surface area (Å²) in [5.74, 6) is 0.727. The van der Waals surface area contributed by atoms with Crippen molar-refractivity contribution in [2.24, 2.45) is 10.9 Å². The molecule has 2 amide bonds. The largest absolute Gasteiger partial charge is 0.352 e. The second kappa shape index (κ2) is 8.70. The van der Waals surface area contributed by atoms with E-state index in [1.165, 1.54) is 0 Å². The lowest BCUT2D eigenvalue weighted by atomic mass is 9.95. The number of amidine groups is 1. The van der Waals surface area contributed by atoms with E-state index < -0.39 is 0 Å². The summed E-state index contributed by atoms with van der Waals surface area (Å²) in [7, 11) is 1.97. The normalized spacial score (nSPS) is 23.0. The first-order valence-electron chi connectivity index (χ1n) is 11.1. The van der Waals surface area contributed by atoms with Gasteiger partial charge in [-0.1, -0.05) is 19.9 Å². The Hall–Kier alpha value is -2.87. The highest BCUT2D eigenvalue weighted by atomic mass is 16.2. The molecule has 4 rings (SSSR count). The Labute approximate surface area is 183 Å². The molecule has 166 valence electrons. The van der Waals surface area contributed by atoms with E-state index in [0.717, 1.165) is 41.9 Å². The molecular weight excluding hydrogens is 392 g/mol. The Balaban J connectivity index is 1.54. The topological polar surface area (TPSA) is 89.1 Å². The fraction of sp³-hybridized carbons (Fsp3) is 0.522. The van der Waals surface area contributed by atoms with E-state index in [9.17, 15) is 9.59 Å². The van der Waals surface area contributed by atoms with E-state index in [4.69, 9.17) is 4.99 Å². The van der Waals surface area contributed by atoms with Gasteiger partial charge >= 0.3 is 0 Å². The lowest BCUT2D eigenvalue weighted by Gasteiger charge is -2.39. The number of carbonyl (C=O) groups is 2. The maximum absolute atomic E-state index is 12.7. The molecule has 1 aliphatic carbocycles. The number of hydrogen-bond acceptors (Lipinski definition) is 6. The number of nitrogens with one attached hydrogen (secondary N) is 3. The van der Waals surface area contributed by atoms with Gasteiger partial charge in [0.15, 0.2) is 0 Å². The third-order valence-electron chi connectivity index (χ3n) is 6.11. The van der Waals surface area contributed by atoms with Crippen LogP contribution in [0.3, 0.4) is 0 Å². The molecule has 1 aromatic rings. The zero-order valence-electron chi connectivity index (χ0n) is 18.7. The molecule has 0 aromatic heterocycles. The number of hydrazine groups is 1. The Bertz CT molecular complexity index is 936. The monoisotopic (exact) mass is 424 g/mol. The first-order valence-corrected chi connectivity index (χ1v) is 11.1. The average Bonchev–Trinajstić information content (AvgIpc) is 3.49. The lowest BCUT2D eigenvalue weighted by molar-refractivity contribution is -0.117. The molecule has 3 aliphatic rings. The molecule has 2 atom stereocenters. The zero-order chi connectivity index (χ0) is 22.1. The second-order valence-electron chi connectivity index (χ2n) is 8.70. The number of rotatable bonds is 6. The number of aliphatic imine (C=N–C) groups is 1. The van der Waals surface area contributed by atoms with Crippen LogP contribution in [0.15, 0.2) is 35.0 Å². The van der Waals surface area contributed by atoms with Crippen molar-refractivity contribution >= 4 is 23.3 Å². The van der Waals surface area contributed by atoms with Crippen molar-refractivity contribution in [1.82, 2.24) is 20.7 Å². The van der Waals surface area contributed by atoms with Crippen molar-refractivity contribution < 1.29 is 9.59 Å². The quantitative estimate of drug-likeness (QED) is 0.652. The van der Waals surface area contributed by atoms with Crippen LogP contribution in [-0.2, 0) is 4.79 Å². The zero-order valence-corrected chi connectivity index (χ0v) is 18.7. The van der Waals surface area contributed by atoms with Gasteiger partial charge in [0, 0.05) is 48.6 Å². The fourth-order valence-corrected chi connectivity index (χ4v) is 4.01. The molecule has 3 N–H and O–H groups in total. The standard InChI is InChI=1S/C23H32N6O2/c1-5-10-24-23(31)18-12-29-20(15(18)3)21(25-13-28(29)4)27-19-11-16(7-6-14(19)2)22(30)26-17-8-9-17/h6-7,11-12,15,17,20H,5,8-10,13H2,1-4H3,(H,24,31)(H,25,27)(H,26,30). The van der Waals surface area contributed by atoms with E-state index in [2.05, 4.69) is 27.9 Å². The van der Waals surface area contributed by atoms with Crippen LogP contribution >= 0.6 is 0 Å². The molecule has 0 radical (unpaired) electrons. The molecule has 0 saturated heterocycles. The highest BCUT2D eigenvalue weighted by molar-refractivity contribution is 6.04. The van der Waals surface area contributed by atoms with E-state index in [1.807, 2.05) is 50.3 Å². The van der Waals surface area contributed by atoms with Crippen LogP contribution in [0.2, 0.25) is 0 Å². The molecule has 0 bridgehead atoms. The number of hydrogen-bond donors (Lipinski definition) is 3. The molecule has 31 heavy (non-hydrogen) atoms. The highest BCUT2D eigenvalue weighted by Crippen LogP contribution is 2.33. The molecule has 2 aliphatic heterocycles. The van der Waals surface area contributed by atoms with Crippen LogP contribution < -0.4 is 16.0 Å². The molecular formula is C23H32N6O2. The number of benzene rings is 1. The summed E-state index contributed by atoms with van der Waals surface area (Å²) in [4.78, 5) is 29.9. The summed E-state index contributed by atoms with van der Waals surface area (Å²) in [6.07, 6.45) is 4.95. The summed E-state index contributed by atoms with van der Waals surface area (Å²) < 4.78 is 0. The van der Waals surface area contributed by atoms with Gasteiger partial charge in [0.05, 0.1) is 0 Å². The lowest BCUT2D eigenvalue weighted by Crippen LogP contribution is -2.53. The fourth-order valence-electron chi connectivity index (χ4n) is 4.01. The predicted octanol–water partition coefficient (Wildman–Crippen LogP) is 2.25. The van der Waals surface area contributed by atoms with E-state index >= 15 is 0 Å². The average molecular weight is 425 g/mol. The first-order chi connectivity index (χ1) is 14.9. The predicted molar refractivity (Wildman–Crippen MR) is 122 cm³/mol. The van der Waals surface area contributed by atoms with Gasteiger partial charge in [-0.05, 0) is 43.9 Å². The smallest absolute Gasteiger partial charge is 0.251 e. The molecule has 8 heteroatoms. The number of fused-ring (bicyclic) bond motifs is 1. The van der Waals surface area contributed by atoms with Crippen molar-refractivity contribution in [2.75, 3.05) is 25.6 Å². The third kappa shape index (κ3) is 4.44. The minimum absolute atomic E-state index is 0.0208. The van der Waals surface area contributed by atoms with Crippen LogP contribution in [0.4, 0.5) is 5.69 Å². The summed E-state index contributed by atoms with van der Waals surface area (Å²) >= 11 is 0. The minimum atomic E-state index is -0.0931. The molecule has 1 saturated carbocycles. The Morgan fingerprint density at radius 2 is 2.00 bits per heavy atom. The van der Waals surface area contributed by atoms with Gasteiger partial charge in [-0.3, -0.25) is 19.6 Å². The molecule has 8 nitrogen and oxygen atoms in total. The van der Waals surface area contributed by atoms with Crippen molar-refractivity contribution in [2.45, 2.75) is 52.1 Å². The van der Waals surface area contributed by atoms with Gasteiger partial charge in [-0.2, -0.15) is 0 Å². The van der Waals surface area contributed by atoms with E-state index in [1.54, 1.807) is 0 Å². The first kappa shape index (κ1) is 21.4. The highest BCUT2D eigenvalue weighted by Gasteiger charge is 2.42. The second-order valence-corrected chi connectivity index (χ2v) is 8.70.